The number of hydrogen-bond donors (Lipinski definition) is 1. The van der Waals surface area contributed by atoms with E-state index in [0.717, 1.165) is 43.6 Å². The van der Waals surface area contributed by atoms with Crippen molar-refractivity contribution in [1.29, 1.82) is 0 Å². The van der Waals surface area contributed by atoms with Gasteiger partial charge in [-0.25, -0.2) is 15.0 Å². The normalized spacial score (nSPS) is 13.9. The van der Waals surface area contributed by atoms with Crippen LogP contribution in [0, 0.1) is 0 Å². The highest BCUT2D eigenvalue weighted by Crippen LogP contribution is 2.31. The van der Waals surface area contributed by atoms with Crippen LogP contribution in [0.1, 0.15) is 0 Å². The van der Waals surface area contributed by atoms with Crippen LogP contribution < -0.4 is 24.6 Å². The maximum Gasteiger partial charge on any atom is 0.227 e. The predicted molar refractivity (Wildman–Crippen MR) is 111 cm³/mol. The first-order valence-corrected chi connectivity index (χ1v) is 9.36. The SMILES string of the molecule is COc1ccc(Nc2ccnc(N3CCN(c4ncccn4)CC3)n2)cc1OC. The number of ether oxygens (including phenoxy) is 2. The van der Waals surface area contributed by atoms with Crippen LogP contribution in [-0.2, 0) is 0 Å². The maximum absolute atomic E-state index is 5.36. The van der Waals surface area contributed by atoms with Crippen LogP contribution in [0.3, 0.4) is 0 Å². The Morgan fingerprint density at radius 2 is 1.45 bits per heavy atom. The molecule has 3 heterocycles. The molecule has 0 amide bonds. The maximum atomic E-state index is 5.36. The number of benzene rings is 1. The Kier molecular flexibility index (Phi) is 5.55. The highest BCUT2D eigenvalue weighted by Gasteiger charge is 2.20. The monoisotopic (exact) mass is 393 g/mol. The fourth-order valence-corrected chi connectivity index (χ4v) is 3.19. The van der Waals surface area contributed by atoms with Crippen LogP contribution in [-0.4, -0.2) is 60.3 Å². The van der Waals surface area contributed by atoms with Gasteiger partial charge in [-0.1, -0.05) is 0 Å². The minimum absolute atomic E-state index is 0.658. The lowest BCUT2D eigenvalue weighted by Crippen LogP contribution is -2.47. The molecule has 1 N–H and O–H groups in total. The standard InChI is InChI=1S/C20H23N7O2/c1-28-16-5-4-15(14-17(16)29-2)24-18-6-9-23-20(25-18)27-12-10-26(11-13-27)19-21-7-3-8-22-19/h3-9,14H,10-13H2,1-2H3,(H,23,24,25). The Labute approximate surface area is 169 Å². The number of aromatic nitrogens is 4. The molecule has 1 aliphatic heterocycles. The van der Waals surface area contributed by atoms with Gasteiger partial charge in [-0.05, 0) is 24.3 Å². The van der Waals surface area contributed by atoms with Crippen molar-refractivity contribution in [2.24, 2.45) is 0 Å². The van der Waals surface area contributed by atoms with Gasteiger partial charge in [0.25, 0.3) is 0 Å². The summed E-state index contributed by atoms with van der Waals surface area (Å²) in [5, 5.41) is 3.30. The molecule has 29 heavy (non-hydrogen) atoms. The van der Waals surface area contributed by atoms with Gasteiger partial charge in [0.05, 0.1) is 14.2 Å². The molecule has 1 fully saturated rings. The third-order valence-corrected chi connectivity index (χ3v) is 4.70. The molecule has 0 unspecified atom stereocenters. The molecule has 1 saturated heterocycles. The number of hydrogen-bond acceptors (Lipinski definition) is 9. The lowest BCUT2D eigenvalue weighted by atomic mass is 10.2. The van der Waals surface area contributed by atoms with E-state index in [1.807, 2.05) is 30.3 Å². The van der Waals surface area contributed by atoms with E-state index in [0.29, 0.717) is 17.4 Å². The topological polar surface area (TPSA) is 88.5 Å². The summed E-state index contributed by atoms with van der Waals surface area (Å²) in [4.78, 5) is 22.1. The van der Waals surface area contributed by atoms with Gasteiger partial charge < -0.3 is 24.6 Å². The second-order valence-corrected chi connectivity index (χ2v) is 6.46. The van der Waals surface area contributed by atoms with Crippen LogP contribution in [0.4, 0.5) is 23.4 Å². The fourth-order valence-electron chi connectivity index (χ4n) is 3.19. The largest absolute Gasteiger partial charge is 0.493 e. The van der Waals surface area contributed by atoms with E-state index in [1.165, 1.54) is 0 Å². The van der Waals surface area contributed by atoms with Gasteiger partial charge in [0.2, 0.25) is 11.9 Å². The van der Waals surface area contributed by atoms with E-state index in [-0.39, 0.29) is 0 Å². The molecule has 0 bridgehead atoms. The lowest BCUT2D eigenvalue weighted by Gasteiger charge is -2.34. The molecule has 9 nitrogen and oxygen atoms in total. The van der Waals surface area contributed by atoms with Crippen LogP contribution in [0.2, 0.25) is 0 Å². The molecule has 9 heteroatoms. The molecule has 0 saturated carbocycles. The Morgan fingerprint density at radius 1 is 0.793 bits per heavy atom. The molecule has 4 rings (SSSR count). The second-order valence-electron chi connectivity index (χ2n) is 6.46. The first kappa shape index (κ1) is 18.7. The van der Waals surface area contributed by atoms with Crippen molar-refractivity contribution >= 4 is 23.4 Å². The van der Waals surface area contributed by atoms with E-state index in [4.69, 9.17) is 9.47 Å². The van der Waals surface area contributed by atoms with Gasteiger partial charge in [-0.3, -0.25) is 0 Å². The summed E-state index contributed by atoms with van der Waals surface area (Å²) in [7, 11) is 3.23. The van der Waals surface area contributed by atoms with Crippen molar-refractivity contribution < 1.29 is 9.47 Å². The first-order valence-electron chi connectivity index (χ1n) is 9.36. The van der Waals surface area contributed by atoms with E-state index in [2.05, 4.69) is 35.1 Å². The molecule has 2 aromatic heterocycles. The van der Waals surface area contributed by atoms with Crippen molar-refractivity contribution in [3.05, 3.63) is 48.9 Å². The van der Waals surface area contributed by atoms with Crippen molar-refractivity contribution in [3.8, 4) is 11.5 Å². The zero-order valence-corrected chi connectivity index (χ0v) is 16.4. The summed E-state index contributed by atoms with van der Waals surface area (Å²) >= 11 is 0. The Bertz CT molecular complexity index is 947. The molecule has 1 aliphatic rings. The fraction of sp³-hybridized carbons (Fsp3) is 0.300. The summed E-state index contributed by atoms with van der Waals surface area (Å²) in [5.41, 5.74) is 0.860. The van der Waals surface area contributed by atoms with Gasteiger partial charge in [0, 0.05) is 56.5 Å². The minimum atomic E-state index is 0.658. The van der Waals surface area contributed by atoms with E-state index < -0.39 is 0 Å². The zero-order chi connectivity index (χ0) is 20.1. The summed E-state index contributed by atoms with van der Waals surface area (Å²) in [5.74, 6) is 3.52. The van der Waals surface area contributed by atoms with Gasteiger partial charge in [-0.15, -0.1) is 0 Å². The van der Waals surface area contributed by atoms with Crippen LogP contribution in [0.15, 0.2) is 48.9 Å². The predicted octanol–water partition coefficient (Wildman–Crippen LogP) is 2.35. The van der Waals surface area contributed by atoms with Crippen molar-refractivity contribution in [2.75, 3.05) is 55.5 Å². The van der Waals surface area contributed by atoms with Crippen molar-refractivity contribution in [3.63, 3.8) is 0 Å². The second kappa shape index (κ2) is 8.59. The average molecular weight is 393 g/mol. The van der Waals surface area contributed by atoms with E-state index >= 15 is 0 Å². The Hall–Kier alpha value is -3.62. The van der Waals surface area contributed by atoms with Gasteiger partial charge >= 0.3 is 0 Å². The van der Waals surface area contributed by atoms with Crippen molar-refractivity contribution in [1.82, 2.24) is 19.9 Å². The third kappa shape index (κ3) is 4.29. The number of piperazine rings is 1. The first-order chi connectivity index (χ1) is 14.3. The molecule has 150 valence electrons. The summed E-state index contributed by atoms with van der Waals surface area (Å²) in [6.07, 6.45) is 5.29. The van der Waals surface area contributed by atoms with Gasteiger partial charge in [-0.2, -0.15) is 4.98 Å². The lowest BCUT2D eigenvalue weighted by molar-refractivity contribution is 0.355. The molecule has 0 spiro atoms. The molecule has 1 aromatic carbocycles. The van der Waals surface area contributed by atoms with Crippen LogP contribution >= 0.6 is 0 Å². The van der Waals surface area contributed by atoms with Crippen LogP contribution in [0.25, 0.3) is 0 Å². The molecular weight excluding hydrogens is 370 g/mol. The van der Waals surface area contributed by atoms with Gasteiger partial charge in [0.1, 0.15) is 5.82 Å². The zero-order valence-electron chi connectivity index (χ0n) is 16.4. The average Bonchev–Trinajstić information content (AvgIpc) is 2.80. The Balaban J connectivity index is 1.43. The van der Waals surface area contributed by atoms with Crippen molar-refractivity contribution in [2.45, 2.75) is 0 Å². The van der Waals surface area contributed by atoms with E-state index in [1.54, 1.807) is 32.8 Å². The molecule has 0 radical (unpaired) electrons. The number of rotatable bonds is 6. The van der Waals surface area contributed by atoms with E-state index in [9.17, 15) is 0 Å². The molecule has 0 atom stereocenters. The highest BCUT2D eigenvalue weighted by molar-refractivity contribution is 5.62. The molecular formula is C20H23N7O2. The summed E-state index contributed by atoms with van der Waals surface area (Å²) in [6.45, 7) is 3.25. The highest BCUT2D eigenvalue weighted by atomic mass is 16.5. The minimum Gasteiger partial charge on any atom is -0.493 e. The number of nitrogens with one attached hydrogen (secondary N) is 1. The Morgan fingerprint density at radius 3 is 2.14 bits per heavy atom. The smallest absolute Gasteiger partial charge is 0.227 e. The molecule has 0 aliphatic carbocycles. The third-order valence-electron chi connectivity index (χ3n) is 4.70. The van der Waals surface area contributed by atoms with Crippen LogP contribution in [0.5, 0.6) is 11.5 Å². The number of anilines is 4. The summed E-state index contributed by atoms with van der Waals surface area (Å²) < 4.78 is 10.6. The number of methoxy groups -OCH3 is 2. The summed E-state index contributed by atoms with van der Waals surface area (Å²) in [6, 6.07) is 9.31. The van der Waals surface area contributed by atoms with Gasteiger partial charge in [0.15, 0.2) is 11.5 Å². The quantitative estimate of drug-likeness (QED) is 0.678. The number of nitrogens with zero attached hydrogens (tertiary/aromatic N) is 6. The molecule has 3 aromatic rings.